The van der Waals surface area contributed by atoms with E-state index in [9.17, 15) is 4.79 Å². The molecule has 130 valence electrons. The Bertz CT molecular complexity index is 724. The molecule has 0 fully saturated rings. The Kier molecular flexibility index (Phi) is 5.51. The summed E-state index contributed by atoms with van der Waals surface area (Å²) in [6, 6.07) is 15.4. The normalized spacial score (nSPS) is 13.3. The average molecular weight is 338 g/mol. The lowest BCUT2D eigenvalue weighted by Gasteiger charge is -2.12. The molecular weight excluding hydrogens is 316 g/mol. The number of fused-ring (bicyclic) bond motifs is 1. The van der Waals surface area contributed by atoms with Crippen LogP contribution in [0.4, 0.5) is 0 Å². The van der Waals surface area contributed by atoms with Gasteiger partial charge in [0.25, 0.3) is 0 Å². The summed E-state index contributed by atoms with van der Waals surface area (Å²) in [6.07, 6.45) is 2.18. The summed E-state index contributed by atoms with van der Waals surface area (Å²) in [6.45, 7) is 6.20. The van der Waals surface area contributed by atoms with Crippen molar-refractivity contribution in [1.29, 1.82) is 0 Å². The molecule has 3 rings (SSSR count). The molecule has 0 spiro atoms. The highest BCUT2D eigenvalue weighted by Gasteiger charge is 2.21. The van der Waals surface area contributed by atoms with Gasteiger partial charge in [-0.25, -0.2) is 4.79 Å². The maximum absolute atomic E-state index is 11.4. The zero-order valence-electron chi connectivity index (χ0n) is 14.4. The molecule has 1 aliphatic carbocycles. The van der Waals surface area contributed by atoms with Crippen molar-refractivity contribution in [3.05, 3.63) is 71.8 Å². The van der Waals surface area contributed by atoms with Gasteiger partial charge in [-0.1, -0.05) is 30.8 Å². The minimum Gasteiger partial charge on any atom is -0.491 e. The van der Waals surface area contributed by atoms with E-state index in [0.717, 1.165) is 12.8 Å². The van der Waals surface area contributed by atoms with E-state index in [1.54, 1.807) is 31.2 Å². The van der Waals surface area contributed by atoms with Gasteiger partial charge in [0.05, 0.1) is 12.7 Å². The van der Waals surface area contributed by atoms with Gasteiger partial charge in [-0.3, -0.25) is 0 Å². The van der Waals surface area contributed by atoms with Crippen LogP contribution in [-0.4, -0.2) is 25.3 Å². The molecule has 0 bridgehead atoms. The van der Waals surface area contributed by atoms with Crippen molar-refractivity contribution >= 4 is 5.97 Å². The minimum absolute atomic E-state index is 0.241. The highest BCUT2D eigenvalue weighted by Crippen LogP contribution is 2.24. The number of esters is 1. The van der Waals surface area contributed by atoms with E-state index in [4.69, 9.17) is 14.2 Å². The number of benzene rings is 2. The maximum Gasteiger partial charge on any atom is 0.338 e. The van der Waals surface area contributed by atoms with Gasteiger partial charge in [-0.05, 0) is 55.2 Å². The van der Waals surface area contributed by atoms with Crippen molar-refractivity contribution in [1.82, 2.24) is 0 Å². The van der Waals surface area contributed by atoms with Crippen LogP contribution in [0.2, 0.25) is 0 Å². The first-order valence-electron chi connectivity index (χ1n) is 8.41. The molecule has 0 saturated carbocycles. The molecule has 0 amide bonds. The monoisotopic (exact) mass is 338 g/mol. The second-order valence-electron chi connectivity index (χ2n) is 6.16. The standard InChI is InChI=1S/C21H22O4/c1-15(2)21(22)25-19-9-7-18(8-10-19)23-11-12-24-20-13-16-5-3-4-6-17(16)14-20/h3-10,20H,1,11-14H2,2H3. The van der Waals surface area contributed by atoms with Crippen LogP contribution >= 0.6 is 0 Å². The van der Waals surface area contributed by atoms with Gasteiger partial charge in [0, 0.05) is 5.57 Å². The number of hydrogen-bond donors (Lipinski definition) is 0. The zero-order chi connectivity index (χ0) is 17.6. The molecule has 0 saturated heterocycles. The van der Waals surface area contributed by atoms with Crippen molar-refractivity contribution in [2.24, 2.45) is 0 Å². The Hall–Kier alpha value is -2.59. The van der Waals surface area contributed by atoms with Crippen LogP contribution in [0.3, 0.4) is 0 Å². The minimum atomic E-state index is -0.431. The number of ether oxygens (including phenoxy) is 3. The lowest BCUT2D eigenvalue weighted by molar-refractivity contribution is -0.130. The van der Waals surface area contributed by atoms with Crippen LogP contribution in [-0.2, 0) is 22.4 Å². The van der Waals surface area contributed by atoms with Crippen molar-refractivity contribution in [3.8, 4) is 11.5 Å². The van der Waals surface area contributed by atoms with Gasteiger partial charge in [0.15, 0.2) is 0 Å². The van der Waals surface area contributed by atoms with Crippen molar-refractivity contribution in [3.63, 3.8) is 0 Å². The first-order valence-corrected chi connectivity index (χ1v) is 8.41. The Balaban J connectivity index is 1.38. The summed E-state index contributed by atoms with van der Waals surface area (Å²) in [7, 11) is 0. The third kappa shape index (κ3) is 4.70. The first-order chi connectivity index (χ1) is 12.1. The molecule has 0 unspecified atom stereocenters. The van der Waals surface area contributed by atoms with Crippen LogP contribution in [0.5, 0.6) is 11.5 Å². The van der Waals surface area contributed by atoms with Gasteiger partial charge in [0.1, 0.15) is 18.1 Å². The lowest BCUT2D eigenvalue weighted by atomic mass is 10.1. The van der Waals surface area contributed by atoms with Gasteiger partial charge >= 0.3 is 5.97 Å². The second kappa shape index (κ2) is 7.99. The molecule has 4 heteroatoms. The number of carbonyl (C=O) groups excluding carboxylic acids is 1. The van der Waals surface area contributed by atoms with E-state index in [-0.39, 0.29) is 6.10 Å². The Morgan fingerprint density at radius 3 is 2.20 bits per heavy atom. The van der Waals surface area contributed by atoms with E-state index in [2.05, 4.69) is 30.8 Å². The van der Waals surface area contributed by atoms with Gasteiger partial charge in [0.2, 0.25) is 0 Å². The molecule has 0 N–H and O–H groups in total. The number of hydrogen-bond acceptors (Lipinski definition) is 4. The Morgan fingerprint density at radius 2 is 1.60 bits per heavy atom. The highest BCUT2D eigenvalue weighted by atomic mass is 16.5. The van der Waals surface area contributed by atoms with Crippen molar-refractivity contribution in [2.75, 3.05) is 13.2 Å². The number of carbonyl (C=O) groups is 1. The third-order valence-corrected chi connectivity index (χ3v) is 4.10. The fraction of sp³-hybridized carbons (Fsp3) is 0.286. The molecule has 1 aliphatic rings. The van der Waals surface area contributed by atoms with Crippen LogP contribution in [0, 0.1) is 0 Å². The first kappa shape index (κ1) is 17.2. The predicted octanol–water partition coefficient (Wildman–Crippen LogP) is 3.73. The molecule has 0 heterocycles. The SMILES string of the molecule is C=C(C)C(=O)Oc1ccc(OCCOC2Cc3ccccc3C2)cc1. The summed E-state index contributed by atoms with van der Waals surface area (Å²) in [5.41, 5.74) is 3.13. The average Bonchev–Trinajstić information content (AvgIpc) is 3.03. The van der Waals surface area contributed by atoms with Crippen molar-refractivity contribution in [2.45, 2.75) is 25.9 Å². The molecule has 0 atom stereocenters. The fourth-order valence-corrected chi connectivity index (χ4v) is 2.81. The summed E-state index contributed by atoms with van der Waals surface area (Å²) < 4.78 is 16.7. The van der Waals surface area contributed by atoms with Crippen LogP contribution in [0.15, 0.2) is 60.7 Å². The van der Waals surface area contributed by atoms with Gasteiger partial charge in [-0.2, -0.15) is 0 Å². The van der Waals surface area contributed by atoms with E-state index in [1.807, 2.05) is 0 Å². The zero-order valence-corrected chi connectivity index (χ0v) is 14.4. The van der Waals surface area contributed by atoms with Crippen LogP contribution in [0.1, 0.15) is 18.1 Å². The summed E-state index contributed by atoms with van der Waals surface area (Å²) >= 11 is 0. The molecule has 2 aromatic carbocycles. The molecule has 0 aromatic heterocycles. The quantitative estimate of drug-likeness (QED) is 0.334. The van der Waals surface area contributed by atoms with Gasteiger partial charge in [-0.15, -0.1) is 0 Å². The van der Waals surface area contributed by atoms with E-state index >= 15 is 0 Å². The van der Waals surface area contributed by atoms with Crippen LogP contribution < -0.4 is 9.47 Å². The molecule has 0 aliphatic heterocycles. The van der Waals surface area contributed by atoms with Gasteiger partial charge < -0.3 is 14.2 Å². The fourth-order valence-electron chi connectivity index (χ4n) is 2.81. The topological polar surface area (TPSA) is 44.8 Å². The van der Waals surface area contributed by atoms with E-state index < -0.39 is 5.97 Å². The second-order valence-corrected chi connectivity index (χ2v) is 6.16. The van der Waals surface area contributed by atoms with E-state index in [0.29, 0.717) is 30.3 Å². The Labute approximate surface area is 148 Å². The molecule has 2 aromatic rings. The summed E-state index contributed by atoms with van der Waals surface area (Å²) in [4.78, 5) is 11.4. The summed E-state index contributed by atoms with van der Waals surface area (Å²) in [5.74, 6) is 0.758. The molecule has 25 heavy (non-hydrogen) atoms. The lowest BCUT2D eigenvalue weighted by Crippen LogP contribution is -2.17. The molecule has 4 nitrogen and oxygen atoms in total. The van der Waals surface area contributed by atoms with Crippen molar-refractivity contribution < 1.29 is 19.0 Å². The maximum atomic E-state index is 11.4. The highest BCUT2D eigenvalue weighted by molar-refractivity contribution is 5.88. The Morgan fingerprint density at radius 1 is 1.00 bits per heavy atom. The predicted molar refractivity (Wildman–Crippen MR) is 96.0 cm³/mol. The largest absolute Gasteiger partial charge is 0.491 e. The van der Waals surface area contributed by atoms with E-state index in [1.165, 1.54) is 11.1 Å². The number of rotatable bonds is 7. The molecule has 0 radical (unpaired) electrons. The molecular formula is C21H22O4. The smallest absolute Gasteiger partial charge is 0.338 e. The third-order valence-electron chi connectivity index (χ3n) is 4.10. The summed E-state index contributed by atoms with van der Waals surface area (Å²) in [5, 5.41) is 0. The van der Waals surface area contributed by atoms with Crippen LogP contribution in [0.25, 0.3) is 0 Å².